The van der Waals surface area contributed by atoms with Crippen molar-refractivity contribution in [2.75, 3.05) is 5.32 Å². The second-order valence-electron chi connectivity index (χ2n) is 6.25. The highest BCUT2D eigenvalue weighted by molar-refractivity contribution is 7.20. The van der Waals surface area contributed by atoms with Gasteiger partial charge in [-0.3, -0.25) is 10.1 Å². The quantitative estimate of drug-likeness (QED) is 0.371. The highest BCUT2D eigenvalue weighted by Crippen LogP contribution is 2.50. The molecule has 0 aliphatic heterocycles. The average molecular weight is 389 g/mol. The molecule has 0 saturated carbocycles. The first-order valence-electron chi connectivity index (χ1n) is 8.47. The molecule has 1 aliphatic carbocycles. The van der Waals surface area contributed by atoms with Gasteiger partial charge in [-0.25, -0.2) is 4.98 Å². The number of halogens is 1. The van der Waals surface area contributed by atoms with Gasteiger partial charge in [-0.15, -0.1) is 0 Å². The summed E-state index contributed by atoms with van der Waals surface area (Å²) >= 11 is 7.61. The van der Waals surface area contributed by atoms with Crippen LogP contribution in [-0.2, 0) is 4.79 Å². The van der Waals surface area contributed by atoms with E-state index in [2.05, 4.69) is 40.6 Å². The van der Waals surface area contributed by atoms with E-state index in [-0.39, 0.29) is 5.91 Å². The molecule has 3 aromatic carbocycles. The number of hydrogen-bond acceptors (Lipinski definition) is 3. The SMILES string of the molecule is O=C(C=Cc1ccccc1Cl)Nc1nc2c(s1)-c1cccc3cccc-2c13. The van der Waals surface area contributed by atoms with Crippen molar-refractivity contribution in [3.8, 4) is 21.7 Å². The van der Waals surface area contributed by atoms with E-state index in [0.717, 1.165) is 21.7 Å². The van der Waals surface area contributed by atoms with Crippen LogP contribution < -0.4 is 5.32 Å². The summed E-state index contributed by atoms with van der Waals surface area (Å²) in [5, 5.41) is 6.52. The van der Waals surface area contributed by atoms with Crippen LogP contribution in [-0.4, -0.2) is 10.9 Å². The van der Waals surface area contributed by atoms with Crippen LogP contribution in [0.25, 0.3) is 38.5 Å². The summed E-state index contributed by atoms with van der Waals surface area (Å²) in [6.45, 7) is 0. The van der Waals surface area contributed by atoms with Gasteiger partial charge in [0.2, 0.25) is 5.91 Å². The van der Waals surface area contributed by atoms with Crippen LogP contribution in [0.1, 0.15) is 5.56 Å². The minimum Gasteiger partial charge on any atom is -0.298 e. The molecular weight excluding hydrogens is 376 g/mol. The molecule has 5 heteroatoms. The molecule has 0 unspecified atom stereocenters. The molecule has 0 bridgehead atoms. The molecule has 1 aromatic heterocycles. The second kappa shape index (κ2) is 6.34. The van der Waals surface area contributed by atoms with E-state index in [1.807, 2.05) is 24.3 Å². The molecule has 0 saturated heterocycles. The second-order valence-corrected chi connectivity index (χ2v) is 7.66. The van der Waals surface area contributed by atoms with Crippen molar-refractivity contribution < 1.29 is 4.79 Å². The molecule has 0 atom stereocenters. The maximum Gasteiger partial charge on any atom is 0.250 e. The van der Waals surface area contributed by atoms with Crippen LogP contribution in [0.5, 0.6) is 0 Å². The summed E-state index contributed by atoms with van der Waals surface area (Å²) < 4.78 is 0. The Kier molecular flexibility index (Phi) is 3.81. The van der Waals surface area contributed by atoms with Crippen LogP contribution in [0, 0.1) is 0 Å². The number of aromatic nitrogens is 1. The van der Waals surface area contributed by atoms with E-state index in [1.165, 1.54) is 33.7 Å². The predicted octanol–water partition coefficient (Wildman–Crippen LogP) is 6.25. The largest absolute Gasteiger partial charge is 0.298 e. The Morgan fingerprint density at radius 1 is 1.00 bits per heavy atom. The lowest BCUT2D eigenvalue weighted by atomic mass is 10.0. The topological polar surface area (TPSA) is 42.0 Å². The van der Waals surface area contributed by atoms with Gasteiger partial charge in [0, 0.05) is 22.2 Å². The fourth-order valence-corrected chi connectivity index (χ4v) is 4.60. The van der Waals surface area contributed by atoms with Gasteiger partial charge in [0.05, 0.1) is 10.6 Å². The van der Waals surface area contributed by atoms with Crippen molar-refractivity contribution in [3.63, 3.8) is 0 Å². The average Bonchev–Trinajstić information content (AvgIpc) is 3.21. The Morgan fingerprint density at radius 3 is 2.59 bits per heavy atom. The van der Waals surface area contributed by atoms with E-state index >= 15 is 0 Å². The van der Waals surface area contributed by atoms with Gasteiger partial charge in [-0.1, -0.05) is 77.5 Å². The van der Waals surface area contributed by atoms with Gasteiger partial charge >= 0.3 is 0 Å². The predicted molar refractivity (Wildman–Crippen MR) is 113 cm³/mol. The number of carbonyl (C=O) groups is 1. The summed E-state index contributed by atoms with van der Waals surface area (Å²) in [6.07, 6.45) is 3.18. The lowest BCUT2D eigenvalue weighted by molar-refractivity contribution is -0.111. The first-order valence-corrected chi connectivity index (χ1v) is 9.67. The van der Waals surface area contributed by atoms with Crippen molar-refractivity contribution in [2.24, 2.45) is 0 Å². The molecular formula is C22H13ClN2OS. The van der Waals surface area contributed by atoms with Crippen molar-refractivity contribution in [1.29, 1.82) is 0 Å². The Labute approximate surface area is 165 Å². The number of thiazole rings is 1. The summed E-state index contributed by atoms with van der Waals surface area (Å²) in [5.74, 6) is -0.228. The van der Waals surface area contributed by atoms with Gasteiger partial charge in [0.15, 0.2) is 5.13 Å². The third-order valence-electron chi connectivity index (χ3n) is 4.58. The number of amides is 1. The number of carbonyl (C=O) groups excluding carboxylic acids is 1. The van der Waals surface area contributed by atoms with E-state index in [0.29, 0.717) is 10.2 Å². The smallest absolute Gasteiger partial charge is 0.250 e. The van der Waals surface area contributed by atoms with Gasteiger partial charge in [0.1, 0.15) is 0 Å². The zero-order valence-electron chi connectivity index (χ0n) is 14.1. The molecule has 0 radical (unpaired) electrons. The Hall–Kier alpha value is -2.95. The first-order chi connectivity index (χ1) is 13.2. The third kappa shape index (κ3) is 2.74. The third-order valence-corrected chi connectivity index (χ3v) is 5.93. The molecule has 0 spiro atoms. The monoisotopic (exact) mass is 388 g/mol. The summed E-state index contributed by atoms with van der Waals surface area (Å²) in [4.78, 5) is 18.1. The maximum atomic E-state index is 12.3. The lowest BCUT2D eigenvalue weighted by Crippen LogP contribution is -2.07. The van der Waals surface area contributed by atoms with Crippen molar-refractivity contribution >= 4 is 50.8 Å². The Bertz CT molecular complexity index is 1190. The number of fused-ring (bicyclic) bond motifs is 3. The van der Waals surface area contributed by atoms with Gasteiger partial charge in [-0.05, 0) is 28.5 Å². The molecule has 130 valence electrons. The van der Waals surface area contributed by atoms with Gasteiger partial charge in [0.25, 0.3) is 0 Å². The lowest BCUT2D eigenvalue weighted by Gasteiger charge is -2.02. The highest BCUT2D eigenvalue weighted by atomic mass is 35.5. The number of rotatable bonds is 3. The normalized spacial score (nSPS) is 11.9. The molecule has 1 amide bonds. The fraction of sp³-hybridized carbons (Fsp3) is 0. The van der Waals surface area contributed by atoms with Crippen molar-refractivity contribution in [3.05, 3.63) is 77.3 Å². The molecule has 1 N–H and O–H groups in total. The fourth-order valence-electron chi connectivity index (χ4n) is 3.39. The van der Waals surface area contributed by atoms with Crippen molar-refractivity contribution in [2.45, 2.75) is 0 Å². The highest BCUT2D eigenvalue weighted by Gasteiger charge is 2.25. The molecule has 1 heterocycles. The standard InChI is InChI=1S/C22H13ClN2OS/c23-17-10-2-1-5-13(17)11-12-18(26)24-22-25-20-15-8-3-6-14-7-4-9-16(19(14)15)21(20)27-22/h1-12H,(H,24,25,26). The van der Waals surface area contributed by atoms with Crippen LogP contribution in [0.4, 0.5) is 5.13 Å². The van der Waals surface area contributed by atoms with Gasteiger partial charge in [-0.2, -0.15) is 0 Å². The zero-order chi connectivity index (χ0) is 18.4. The summed E-state index contributed by atoms with van der Waals surface area (Å²) in [7, 11) is 0. The van der Waals surface area contributed by atoms with Crippen LogP contribution >= 0.6 is 22.9 Å². The number of hydrogen-bond donors (Lipinski definition) is 1. The molecule has 4 aromatic rings. The number of nitrogens with one attached hydrogen (secondary N) is 1. The van der Waals surface area contributed by atoms with Crippen LogP contribution in [0.2, 0.25) is 5.02 Å². The number of nitrogens with zero attached hydrogens (tertiary/aromatic N) is 1. The van der Waals surface area contributed by atoms with Gasteiger partial charge < -0.3 is 0 Å². The van der Waals surface area contributed by atoms with E-state index in [4.69, 9.17) is 11.6 Å². The van der Waals surface area contributed by atoms with Crippen LogP contribution in [0.15, 0.2) is 66.7 Å². The maximum absolute atomic E-state index is 12.3. The molecule has 3 nitrogen and oxygen atoms in total. The number of anilines is 1. The zero-order valence-corrected chi connectivity index (χ0v) is 15.6. The summed E-state index contributed by atoms with van der Waals surface area (Å²) in [5.41, 5.74) is 4.05. The molecule has 1 aliphatic rings. The van der Waals surface area contributed by atoms with E-state index in [1.54, 1.807) is 12.1 Å². The molecule has 5 rings (SSSR count). The summed E-state index contributed by atoms with van der Waals surface area (Å²) in [6, 6.07) is 19.9. The van der Waals surface area contributed by atoms with Crippen molar-refractivity contribution in [1.82, 2.24) is 4.98 Å². The Morgan fingerprint density at radius 2 is 1.78 bits per heavy atom. The first kappa shape index (κ1) is 16.2. The molecule has 27 heavy (non-hydrogen) atoms. The minimum atomic E-state index is -0.228. The van der Waals surface area contributed by atoms with E-state index < -0.39 is 0 Å². The number of benzene rings is 3. The minimum absolute atomic E-state index is 0.228. The van der Waals surface area contributed by atoms with E-state index in [9.17, 15) is 4.79 Å². The molecule has 0 fully saturated rings. The van der Waals surface area contributed by atoms with Crippen LogP contribution in [0.3, 0.4) is 0 Å². The Balaban J connectivity index is 1.43.